The number of urea groups is 1. The largest absolute Gasteiger partial charge is 0.330 e. The molecule has 1 aromatic heterocycles. The van der Waals surface area contributed by atoms with Crippen LogP contribution < -0.4 is 4.90 Å². The lowest BCUT2D eigenvalue weighted by Crippen LogP contribution is -2.39. The Balaban J connectivity index is 2.96. The van der Waals surface area contributed by atoms with Crippen LogP contribution in [0.3, 0.4) is 0 Å². The van der Waals surface area contributed by atoms with Crippen LogP contribution in [0.1, 0.15) is 6.92 Å². The molecule has 1 atom stereocenters. The highest BCUT2D eigenvalue weighted by atomic mass is 32.2. The predicted molar refractivity (Wildman–Crippen MR) is 72.1 cm³/mol. The minimum Gasteiger partial charge on any atom is -0.330 e. The van der Waals surface area contributed by atoms with Gasteiger partial charge in [-0.3, -0.25) is 4.90 Å². The van der Waals surface area contributed by atoms with Gasteiger partial charge in [0.15, 0.2) is 11.0 Å². The van der Waals surface area contributed by atoms with Gasteiger partial charge >= 0.3 is 6.03 Å². The van der Waals surface area contributed by atoms with Crippen molar-refractivity contribution in [3.8, 4) is 0 Å². The Morgan fingerprint density at radius 2 is 1.89 bits per heavy atom. The summed E-state index contributed by atoms with van der Waals surface area (Å²) >= 11 is 1.16. The van der Waals surface area contributed by atoms with Gasteiger partial charge < -0.3 is 4.90 Å². The number of hydrogen-bond donors (Lipinski definition) is 0. The van der Waals surface area contributed by atoms with Gasteiger partial charge in [0.25, 0.3) is 0 Å². The molecule has 102 valence electrons. The minimum atomic E-state index is -1.33. The summed E-state index contributed by atoms with van der Waals surface area (Å²) in [6, 6.07) is -0.171. The van der Waals surface area contributed by atoms with Crippen molar-refractivity contribution in [3.05, 3.63) is 0 Å². The van der Waals surface area contributed by atoms with Crippen LogP contribution in [0, 0.1) is 0 Å². The summed E-state index contributed by atoms with van der Waals surface area (Å²) in [7, 11) is 5.40. The van der Waals surface area contributed by atoms with Crippen molar-refractivity contribution >= 4 is 33.5 Å². The van der Waals surface area contributed by atoms with Gasteiger partial charge in [0.1, 0.15) is 0 Å². The second-order valence-electron chi connectivity index (χ2n) is 3.83. The summed E-state index contributed by atoms with van der Waals surface area (Å²) in [5.74, 6) is 0. The first kappa shape index (κ1) is 15.0. The molecular weight excluding hydrogens is 274 g/mol. The molecule has 0 saturated heterocycles. The van der Waals surface area contributed by atoms with Gasteiger partial charge in [0, 0.05) is 20.6 Å². The standard InChI is InChI=1S/C9H17N5O2S2/c1-6-14(9(15)12(2)3)7-10-11-8(17-7)18(16)13(4)5/h6H2,1-5H3. The second kappa shape index (κ2) is 6.21. The maximum absolute atomic E-state index is 11.9. The lowest BCUT2D eigenvalue weighted by molar-refractivity contribution is 0.224. The smallest absolute Gasteiger partial charge is 0.325 e. The lowest BCUT2D eigenvalue weighted by atomic mass is 10.6. The zero-order valence-corrected chi connectivity index (χ0v) is 12.7. The normalized spacial score (nSPS) is 12.6. The third-order valence-corrected chi connectivity index (χ3v) is 4.50. The summed E-state index contributed by atoms with van der Waals surface area (Å²) in [6.07, 6.45) is 0. The molecule has 0 aliphatic rings. The molecule has 1 unspecified atom stereocenters. The molecule has 1 heterocycles. The van der Waals surface area contributed by atoms with E-state index in [4.69, 9.17) is 0 Å². The Kier molecular flexibility index (Phi) is 5.17. The molecule has 0 aliphatic carbocycles. The van der Waals surface area contributed by atoms with E-state index in [1.165, 1.54) is 14.1 Å². The van der Waals surface area contributed by atoms with Crippen LogP contribution in [-0.2, 0) is 11.0 Å². The fourth-order valence-electron chi connectivity index (χ4n) is 1.13. The average Bonchev–Trinajstić information content (AvgIpc) is 2.77. The fraction of sp³-hybridized carbons (Fsp3) is 0.667. The Hall–Kier alpha value is -1.06. The summed E-state index contributed by atoms with van der Waals surface area (Å²) in [4.78, 5) is 14.9. The number of rotatable bonds is 4. The van der Waals surface area contributed by atoms with Gasteiger partial charge in [-0.1, -0.05) is 11.3 Å². The van der Waals surface area contributed by atoms with E-state index in [0.29, 0.717) is 16.0 Å². The molecule has 0 aromatic carbocycles. The SMILES string of the molecule is CCN(C(=O)N(C)C)c1nnc(S(=O)N(C)C)s1. The molecule has 1 aromatic rings. The lowest BCUT2D eigenvalue weighted by Gasteiger charge is -2.21. The Bertz CT molecular complexity index is 446. The Labute approximate surface area is 113 Å². The van der Waals surface area contributed by atoms with Crippen LogP contribution in [0.4, 0.5) is 9.93 Å². The van der Waals surface area contributed by atoms with Gasteiger partial charge in [-0.15, -0.1) is 10.2 Å². The molecule has 7 nitrogen and oxygen atoms in total. The van der Waals surface area contributed by atoms with Crippen LogP contribution >= 0.6 is 11.3 Å². The fourth-order valence-corrected chi connectivity index (χ4v) is 3.15. The van der Waals surface area contributed by atoms with Crippen LogP contribution in [0.25, 0.3) is 0 Å². The molecule has 0 bridgehead atoms. The van der Waals surface area contributed by atoms with Gasteiger partial charge in [-0.05, 0) is 21.0 Å². The van der Waals surface area contributed by atoms with E-state index in [2.05, 4.69) is 10.2 Å². The monoisotopic (exact) mass is 291 g/mol. The number of amides is 2. The number of hydrogen-bond acceptors (Lipinski definition) is 5. The van der Waals surface area contributed by atoms with Crippen molar-refractivity contribution in [2.24, 2.45) is 0 Å². The molecule has 9 heteroatoms. The molecule has 0 spiro atoms. The van der Waals surface area contributed by atoms with E-state index >= 15 is 0 Å². The number of nitrogens with zero attached hydrogens (tertiary/aromatic N) is 5. The second-order valence-corrected chi connectivity index (χ2v) is 6.66. The maximum Gasteiger partial charge on any atom is 0.325 e. The molecular formula is C9H17N5O2S2. The van der Waals surface area contributed by atoms with E-state index in [-0.39, 0.29) is 6.03 Å². The predicted octanol–water partition coefficient (Wildman–Crippen LogP) is 0.630. The molecule has 18 heavy (non-hydrogen) atoms. The Morgan fingerprint density at radius 3 is 2.33 bits per heavy atom. The highest BCUT2D eigenvalue weighted by molar-refractivity contribution is 7.85. The molecule has 0 saturated carbocycles. The molecule has 1 rings (SSSR count). The Morgan fingerprint density at radius 1 is 1.28 bits per heavy atom. The first-order valence-electron chi connectivity index (χ1n) is 5.30. The third-order valence-electron chi connectivity index (χ3n) is 2.04. The zero-order valence-electron chi connectivity index (χ0n) is 11.1. The molecule has 2 amide bonds. The highest BCUT2D eigenvalue weighted by Crippen LogP contribution is 2.23. The number of aromatic nitrogens is 2. The van der Waals surface area contributed by atoms with Crippen molar-refractivity contribution in [2.75, 3.05) is 39.6 Å². The van der Waals surface area contributed by atoms with Gasteiger partial charge in [-0.25, -0.2) is 13.3 Å². The number of carbonyl (C=O) groups excluding carboxylic acids is 1. The van der Waals surface area contributed by atoms with Crippen LogP contribution in [0.5, 0.6) is 0 Å². The first-order chi connectivity index (χ1) is 8.38. The molecule has 0 N–H and O–H groups in total. The van der Waals surface area contributed by atoms with Crippen LogP contribution in [0.2, 0.25) is 0 Å². The quantitative estimate of drug-likeness (QED) is 0.763. The van der Waals surface area contributed by atoms with Crippen molar-refractivity contribution in [2.45, 2.75) is 11.3 Å². The molecule has 0 radical (unpaired) electrons. The summed E-state index contributed by atoms with van der Waals surface area (Å²) in [5, 5.41) is 8.24. The minimum absolute atomic E-state index is 0.171. The zero-order chi connectivity index (χ0) is 13.9. The van der Waals surface area contributed by atoms with E-state index in [0.717, 1.165) is 11.3 Å². The van der Waals surface area contributed by atoms with E-state index in [1.54, 1.807) is 28.2 Å². The van der Waals surface area contributed by atoms with Crippen molar-refractivity contribution in [1.29, 1.82) is 0 Å². The van der Waals surface area contributed by atoms with Crippen molar-refractivity contribution in [3.63, 3.8) is 0 Å². The average molecular weight is 291 g/mol. The van der Waals surface area contributed by atoms with Crippen LogP contribution in [0.15, 0.2) is 4.34 Å². The highest BCUT2D eigenvalue weighted by Gasteiger charge is 2.22. The summed E-state index contributed by atoms with van der Waals surface area (Å²) < 4.78 is 13.7. The third kappa shape index (κ3) is 3.24. The summed E-state index contributed by atoms with van der Waals surface area (Å²) in [6.45, 7) is 2.34. The van der Waals surface area contributed by atoms with E-state index < -0.39 is 11.0 Å². The van der Waals surface area contributed by atoms with Gasteiger partial charge in [0.05, 0.1) is 0 Å². The van der Waals surface area contributed by atoms with Gasteiger partial charge in [-0.2, -0.15) is 0 Å². The molecule has 0 fully saturated rings. The number of carbonyl (C=O) groups is 1. The maximum atomic E-state index is 11.9. The first-order valence-corrected chi connectivity index (χ1v) is 7.22. The molecule has 0 aliphatic heterocycles. The van der Waals surface area contributed by atoms with Crippen LogP contribution in [-0.4, -0.2) is 64.4 Å². The van der Waals surface area contributed by atoms with Crippen molar-refractivity contribution < 1.29 is 9.00 Å². The summed E-state index contributed by atoms with van der Waals surface area (Å²) in [5.41, 5.74) is 0. The topological polar surface area (TPSA) is 69.6 Å². The van der Waals surface area contributed by atoms with Crippen molar-refractivity contribution in [1.82, 2.24) is 19.4 Å². The van der Waals surface area contributed by atoms with Gasteiger partial charge in [0.2, 0.25) is 9.47 Å². The van der Waals surface area contributed by atoms with E-state index in [1.807, 2.05) is 6.92 Å². The number of anilines is 1. The van der Waals surface area contributed by atoms with E-state index in [9.17, 15) is 9.00 Å².